The van der Waals surface area contributed by atoms with Crippen LogP contribution in [-0.4, -0.2) is 23.5 Å². The second kappa shape index (κ2) is 10.3. The van der Waals surface area contributed by atoms with E-state index < -0.39 is 0 Å². The zero-order chi connectivity index (χ0) is 20.5. The fraction of sp³-hybridized carbons (Fsp3) is 0.190. The number of carbonyl (C=O) groups is 2. The number of rotatable bonds is 8. The Morgan fingerprint density at radius 3 is 2.48 bits per heavy atom. The molecule has 3 aromatic rings. The van der Waals surface area contributed by atoms with Crippen molar-refractivity contribution in [3.63, 3.8) is 0 Å². The SMILES string of the molecule is O=C(CCc1csc(NC(=O)Nc2ccccc2)n1)NCCc1ccc(F)cc1. The molecule has 2 aromatic carbocycles. The van der Waals surface area contributed by atoms with Crippen LogP contribution in [0, 0.1) is 5.82 Å². The van der Waals surface area contributed by atoms with Crippen molar-refractivity contribution in [2.45, 2.75) is 19.3 Å². The Balaban J connectivity index is 1.36. The summed E-state index contributed by atoms with van der Waals surface area (Å²) in [5.41, 5.74) is 2.41. The first-order valence-electron chi connectivity index (χ1n) is 9.17. The fourth-order valence-corrected chi connectivity index (χ4v) is 3.33. The normalized spacial score (nSPS) is 10.4. The van der Waals surface area contributed by atoms with Crippen LogP contribution in [-0.2, 0) is 17.6 Å². The lowest BCUT2D eigenvalue weighted by atomic mass is 10.1. The lowest BCUT2D eigenvalue weighted by Crippen LogP contribution is -2.25. The van der Waals surface area contributed by atoms with E-state index in [1.165, 1.54) is 23.5 Å². The minimum atomic E-state index is -0.365. The molecular formula is C21H21FN4O2S. The Kier molecular flexibility index (Phi) is 7.29. The average molecular weight is 412 g/mol. The molecule has 0 atom stereocenters. The molecular weight excluding hydrogens is 391 g/mol. The number of halogens is 1. The molecule has 0 aliphatic rings. The van der Waals surface area contributed by atoms with Crippen molar-refractivity contribution in [1.29, 1.82) is 0 Å². The highest BCUT2D eigenvalue weighted by molar-refractivity contribution is 7.13. The van der Waals surface area contributed by atoms with E-state index in [-0.39, 0.29) is 17.8 Å². The lowest BCUT2D eigenvalue weighted by Gasteiger charge is -2.05. The van der Waals surface area contributed by atoms with Crippen molar-refractivity contribution in [2.75, 3.05) is 17.2 Å². The Morgan fingerprint density at radius 1 is 0.966 bits per heavy atom. The summed E-state index contributed by atoms with van der Waals surface area (Å²) in [4.78, 5) is 28.3. The van der Waals surface area contributed by atoms with Gasteiger partial charge in [0.15, 0.2) is 5.13 Å². The number of para-hydroxylation sites is 1. The summed E-state index contributed by atoms with van der Waals surface area (Å²) in [6, 6.07) is 15.0. The topological polar surface area (TPSA) is 83.1 Å². The number of carbonyl (C=O) groups excluding carboxylic acids is 2. The molecule has 150 valence electrons. The van der Waals surface area contributed by atoms with Gasteiger partial charge in [-0.1, -0.05) is 30.3 Å². The highest BCUT2D eigenvalue weighted by Gasteiger charge is 2.09. The number of aromatic nitrogens is 1. The van der Waals surface area contributed by atoms with Gasteiger partial charge in [-0.2, -0.15) is 0 Å². The van der Waals surface area contributed by atoms with Crippen LogP contribution in [0.5, 0.6) is 0 Å². The van der Waals surface area contributed by atoms with E-state index >= 15 is 0 Å². The molecule has 0 spiro atoms. The van der Waals surface area contributed by atoms with E-state index in [2.05, 4.69) is 20.9 Å². The first-order chi connectivity index (χ1) is 14.1. The number of nitrogens with one attached hydrogen (secondary N) is 3. The van der Waals surface area contributed by atoms with Gasteiger partial charge in [-0.25, -0.2) is 14.2 Å². The number of hydrogen-bond acceptors (Lipinski definition) is 4. The lowest BCUT2D eigenvalue weighted by molar-refractivity contribution is -0.121. The van der Waals surface area contributed by atoms with Crippen LogP contribution in [0.2, 0.25) is 0 Å². The molecule has 0 aliphatic heterocycles. The van der Waals surface area contributed by atoms with E-state index in [1.807, 2.05) is 23.6 Å². The van der Waals surface area contributed by atoms with Gasteiger partial charge in [-0.3, -0.25) is 10.1 Å². The predicted octanol–water partition coefficient (Wildman–Crippen LogP) is 4.22. The number of anilines is 2. The average Bonchev–Trinajstić information content (AvgIpc) is 3.16. The van der Waals surface area contributed by atoms with Crippen LogP contribution >= 0.6 is 11.3 Å². The molecule has 0 bridgehead atoms. The van der Waals surface area contributed by atoms with Crippen molar-refractivity contribution >= 4 is 34.1 Å². The van der Waals surface area contributed by atoms with Gasteiger partial charge >= 0.3 is 6.03 Å². The summed E-state index contributed by atoms with van der Waals surface area (Å²) in [6.07, 6.45) is 1.44. The van der Waals surface area contributed by atoms with Gasteiger partial charge in [0.05, 0.1) is 5.69 Å². The Hall–Kier alpha value is -3.26. The van der Waals surface area contributed by atoms with Crippen molar-refractivity contribution in [3.8, 4) is 0 Å². The molecule has 0 fully saturated rings. The van der Waals surface area contributed by atoms with Gasteiger partial charge in [0.1, 0.15) is 5.82 Å². The van der Waals surface area contributed by atoms with Gasteiger partial charge in [-0.15, -0.1) is 11.3 Å². The summed E-state index contributed by atoms with van der Waals surface area (Å²) in [5.74, 6) is -0.344. The number of nitrogens with zero attached hydrogens (tertiary/aromatic N) is 1. The molecule has 3 rings (SSSR count). The van der Waals surface area contributed by atoms with Crippen molar-refractivity contribution in [2.24, 2.45) is 0 Å². The smallest absolute Gasteiger partial charge is 0.325 e. The van der Waals surface area contributed by atoms with Gasteiger partial charge in [-0.05, 0) is 42.7 Å². The van der Waals surface area contributed by atoms with E-state index in [0.29, 0.717) is 36.6 Å². The van der Waals surface area contributed by atoms with E-state index in [9.17, 15) is 14.0 Å². The van der Waals surface area contributed by atoms with Crippen molar-refractivity contribution < 1.29 is 14.0 Å². The monoisotopic (exact) mass is 412 g/mol. The molecule has 0 saturated carbocycles. The molecule has 3 amide bonds. The molecule has 1 heterocycles. The zero-order valence-electron chi connectivity index (χ0n) is 15.7. The summed E-state index contributed by atoms with van der Waals surface area (Å²) in [5, 5.41) is 10.6. The standard InChI is InChI=1S/C21H21FN4O2S/c22-16-8-6-15(7-9-16)12-13-23-19(27)11-10-18-14-29-21(25-18)26-20(28)24-17-4-2-1-3-5-17/h1-9,14H,10-13H2,(H,23,27)(H2,24,25,26,28). The largest absolute Gasteiger partial charge is 0.356 e. The zero-order valence-corrected chi connectivity index (χ0v) is 16.5. The predicted molar refractivity (Wildman–Crippen MR) is 113 cm³/mol. The van der Waals surface area contributed by atoms with Crippen LogP contribution in [0.1, 0.15) is 17.7 Å². The van der Waals surface area contributed by atoms with Gasteiger partial charge < -0.3 is 10.6 Å². The molecule has 0 radical (unpaired) electrons. The third kappa shape index (κ3) is 7.00. The molecule has 6 nitrogen and oxygen atoms in total. The highest BCUT2D eigenvalue weighted by Crippen LogP contribution is 2.17. The molecule has 0 saturated heterocycles. The number of urea groups is 1. The minimum absolute atomic E-state index is 0.0727. The van der Waals surface area contributed by atoms with Crippen LogP contribution in [0.4, 0.5) is 20.0 Å². The van der Waals surface area contributed by atoms with Crippen molar-refractivity contribution in [3.05, 3.63) is 77.1 Å². The maximum absolute atomic E-state index is 12.9. The fourth-order valence-electron chi connectivity index (χ4n) is 2.59. The van der Waals surface area contributed by atoms with Crippen molar-refractivity contribution in [1.82, 2.24) is 10.3 Å². The molecule has 0 aliphatic carbocycles. The van der Waals surface area contributed by atoms with E-state index in [4.69, 9.17) is 0 Å². The Morgan fingerprint density at radius 2 is 1.72 bits per heavy atom. The van der Waals surface area contributed by atoms with Gasteiger partial charge in [0, 0.05) is 24.0 Å². The maximum Gasteiger partial charge on any atom is 0.325 e. The van der Waals surface area contributed by atoms with Gasteiger partial charge in [0.25, 0.3) is 0 Å². The van der Waals surface area contributed by atoms with Gasteiger partial charge in [0.2, 0.25) is 5.91 Å². The molecule has 3 N–H and O–H groups in total. The van der Waals surface area contributed by atoms with Crippen LogP contribution < -0.4 is 16.0 Å². The summed E-state index contributed by atoms with van der Waals surface area (Å²) >= 11 is 1.31. The number of amides is 3. The highest BCUT2D eigenvalue weighted by atomic mass is 32.1. The van der Waals surface area contributed by atoms with E-state index in [0.717, 1.165) is 11.3 Å². The van der Waals surface area contributed by atoms with Crippen LogP contribution in [0.15, 0.2) is 60.0 Å². The van der Waals surface area contributed by atoms with Crippen LogP contribution in [0.3, 0.4) is 0 Å². The Labute approximate surface area is 172 Å². The number of hydrogen-bond donors (Lipinski definition) is 3. The van der Waals surface area contributed by atoms with Crippen LogP contribution in [0.25, 0.3) is 0 Å². The minimum Gasteiger partial charge on any atom is -0.356 e. The first-order valence-corrected chi connectivity index (χ1v) is 10.0. The summed E-state index contributed by atoms with van der Waals surface area (Å²) < 4.78 is 12.9. The maximum atomic E-state index is 12.9. The first kappa shape index (κ1) is 20.5. The molecule has 1 aromatic heterocycles. The molecule has 29 heavy (non-hydrogen) atoms. The third-order valence-corrected chi connectivity index (χ3v) is 4.87. The Bertz CT molecular complexity index is 945. The summed E-state index contributed by atoms with van der Waals surface area (Å²) in [7, 11) is 0. The summed E-state index contributed by atoms with van der Waals surface area (Å²) in [6.45, 7) is 0.494. The quantitative estimate of drug-likeness (QED) is 0.518. The molecule has 8 heteroatoms. The molecule has 0 unspecified atom stereocenters. The number of aryl methyl sites for hydroxylation is 1. The number of benzene rings is 2. The number of thiazole rings is 1. The van der Waals surface area contributed by atoms with E-state index in [1.54, 1.807) is 24.3 Å². The third-order valence-electron chi connectivity index (χ3n) is 4.06. The second-order valence-corrected chi connectivity index (χ2v) is 7.17. The second-order valence-electron chi connectivity index (χ2n) is 6.32.